The van der Waals surface area contributed by atoms with Crippen molar-refractivity contribution in [1.29, 1.82) is 0 Å². The summed E-state index contributed by atoms with van der Waals surface area (Å²) in [6, 6.07) is 29.9. The van der Waals surface area contributed by atoms with Crippen LogP contribution in [0.5, 0.6) is 0 Å². The highest BCUT2D eigenvalue weighted by atomic mass is 32.2. The van der Waals surface area contributed by atoms with E-state index in [1.165, 1.54) is 90.0 Å². The van der Waals surface area contributed by atoms with Gasteiger partial charge in [-0.05, 0) is 80.1 Å². The minimum Gasteiger partial charge on any atom is -0.550 e. The molecule has 35 heavy (non-hydrogen) atoms. The highest BCUT2D eigenvalue weighted by Gasteiger charge is 2.28. The molecule has 0 spiro atoms. The SMILES string of the molecule is CC(=O)[O-].CCCCCCc1ccc([S+](c2ccccc2)c2ccc(CCCCCC)cc2)cc1. The summed E-state index contributed by atoms with van der Waals surface area (Å²) in [5, 5.41) is 8.89. The zero-order valence-electron chi connectivity index (χ0n) is 21.8. The van der Waals surface area contributed by atoms with Gasteiger partial charge in [0.2, 0.25) is 0 Å². The number of hydrogen-bond acceptors (Lipinski definition) is 2. The van der Waals surface area contributed by atoms with Crippen LogP contribution in [0.3, 0.4) is 0 Å². The van der Waals surface area contributed by atoms with Gasteiger partial charge in [-0.3, -0.25) is 0 Å². The van der Waals surface area contributed by atoms with E-state index in [1.54, 1.807) is 0 Å². The predicted octanol–water partition coefficient (Wildman–Crippen LogP) is 7.78. The molecule has 0 fully saturated rings. The van der Waals surface area contributed by atoms with Crippen molar-refractivity contribution in [3.63, 3.8) is 0 Å². The van der Waals surface area contributed by atoms with Crippen LogP contribution in [0.25, 0.3) is 0 Å². The third kappa shape index (κ3) is 11.2. The molecule has 3 heteroatoms. The first kappa shape index (κ1) is 28.7. The Balaban J connectivity index is 0.00000100. The number of aliphatic carboxylic acids is 1. The first-order valence-corrected chi connectivity index (χ1v) is 14.4. The summed E-state index contributed by atoms with van der Waals surface area (Å²) < 4.78 is 0. The van der Waals surface area contributed by atoms with E-state index in [2.05, 4.69) is 92.7 Å². The monoisotopic (exact) mass is 490 g/mol. The maximum Gasteiger partial charge on any atom is 0.166 e. The molecule has 3 aromatic rings. The highest BCUT2D eigenvalue weighted by Crippen LogP contribution is 2.31. The molecule has 0 aliphatic heterocycles. The number of benzene rings is 3. The molecule has 3 rings (SSSR count). The van der Waals surface area contributed by atoms with Crippen LogP contribution in [0.4, 0.5) is 0 Å². The second-order valence-electron chi connectivity index (χ2n) is 9.02. The molecule has 188 valence electrons. The molecule has 0 amide bonds. The second-order valence-corrected chi connectivity index (χ2v) is 11.0. The number of rotatable bonds is 13. The van der Waals surface area contributed by atoms with Crippen molar-refractivity contribution >= 4 is 16.9 Å². The van der Waals surface area contributed by atoms with Gasteiger partial charge in [-0.15, -0.1) is 0 Å². The molecular weight excluding hydrogens is 448 g/mol. The Morgan fingerprint density at radius 3 is 1.34 bits per heavy atom. The molecule has 0 aliphatic carbocycles. The molecule has 0 unspecified atom stereocenters. The van der Waals surface area contributed by atoms with Gasteiger partial charge in [0.05, 0.1) is 10.9 Å². The Hall–Kier alpha value is -2.52. The van der Waals surface area contributed by atoms with E-state index in [0.29, 0.717) is 0 Å². The minimum absolute atomic E-state index is 0.0487. The smallest absolute Gasteiger partial charge is 0.166 e. The van der Waals surface area contributed by atoms with Gasteiger partial charge in [0.1, 0.15) is 0 Å². The number of carbonyl (C=O) groups is 1. The molecule has 2 nitrogen and oxygen atoms in total. The van der Waals surface area contributed by atoms with Crippen molar-refractivity contribution in [3.05, 3.63) is 90.0 Å². The third-order valence-electron chi connectivity index (χ3n) is 5.94. The lowest BCUT2D eigenvalue weighted by Crippen LogP contribution is -2.16. The van der Waals surface area contributed by atoms with E-state index < -0.39 is 5.97 Å². The lowest BCUT2D eigenvalue weighted by Gasteiger charge is -2.10. The van der Waals surface area contributed by atoms with Gasteiger partial charge in [-0.25, -0.2) is 0 Å². The topological polar surface area (TPSA) is 40.1 Å². The van der Waals surface area contributed by atoms with Gasteiger partial charge in [0.25, 0.3) is 0 Å². The van der Waals surface area contributed by atoms with E-state index in [4.69, 9.17) is 9.90 Å². The van der Waals surface area contributed by atoms with E-state index in [9.17, 15) is 0 Å². The van der Waals surface area contributed by atoms with E-state index in [0.717, 1.165) is 6.92 Å². The van der Waals surface area contributed by atoms with Gasteiger partial charge in [0.15, 0.2) is 14.7 Å². The van der Waals surface area contributed by atoms with Crippen LogP contribution in [-0.4, -0.2) is 5.97 Å². The van der Waals surface area contributed by atoms with Crippen LogP contribution in [0.15, 0.2) is 93.5 Å². The minimum atomic E-state index is -1.08. The van der Waals surface area contributed by atoms with Gasteiger partial charge in [-0.2, -0.15) is 0 Å². The molecule has 0 saturated heterocycles. The Bertz CT molecular complexity index is 890. The number of hydrogen-bond donors (Lipinski definition) is 0. The molecule has 0 heterocycles. The van der Waals surface area contributed by atoms with Crippen molar-refractivity contribution in [2.75, 3.05) is 0 Å². The van der Waals surface area contributed by atoms with Crippen molar-refractivity contribution < 1.29 is 9.90 Å². The molecule has 0 bridgehead atoms. The van der Waals surface area contributed by atoms with Gasteiger partial charge in [-0.1, -0.05) is 94.8 Å². The fourth-order valence-electron chi connectivity index (χ4n) is 4.06. The van der Waals surface area contributed by atoms with E-state index >= 15 is 0 Å². The second kappa shape index (κ2) is 17.0. The van der Waals surface area contributed by atoms with E-state index in [1.807, 2.05) is 0 Å². The summed E-state index contributed by atoms with van der Waals surface area (Å²) in [6.07, 6.45) is 13.0. The summed E-state index contributed by atoms with van der Waals surface area (Å²) in [5.41, 5.74) is 2.94. The lowest BCUT2D eigenvalue weighted by molar-refractivity contribution is -0.302. The average molecular weight is 491 g/mol. The van der Waals surface area contributed by atoms with Crippen LogP contribution in [0.2, 0.25) is 0 Å². The first-order chi connectivity index (χ1) is 17.0. The number of carboxylic acids is 1. The number of carbonyl (C=O) groups excluding carboxylic acids is 1. The van der Waals surface area contributed by atoms with E-state index in [-0.39, 0.29) is 10.9 Å². The molecular formula is C32H42O2S. The third-order valence-corrected chi connectivity index (χ3v) is 8.17. The normalized spacial score (nSPS) is 10.6. The molecule has 0 atom stereocenters. The van der Waals surface area contributed by atoms with Crippen molar-refractivity contribution in [1.82, 2.24) is 0 Å². The number of carboxylic acid groups (broad SMARTS) is 1. The standard InChI is InChI=1S/C30H39S.C2H4O2/c1-3-5-7-10-14-26-18-22-29(23-19-26)31(28-16-12-9-13-17-28)30-24-20-27(21-25-30)15-11-8-6-4-2;1-2(3)4/h9,12-13,16-25H,3-8,10-11,14-15H2,1-2H3;1H3,(H,3,4)/q+1;/p-1. The van der Waals surface area contributed by atoms with Crippen molar-refractivity contribution in [2.24, 2.45) is 0 Å². The summed E-state index contributed by atoms with van der Waals surface area (Å²) in [4.78, 5) is 13.1. The Kier molecular flexibility index (Phi) is 13.9. The fraction of sp³-hybridized carbons (Fsp3) is 0.406. The summed E-state index contributed by atoms with van der Waals surface area (Å²) >= 11 is 0. The van der Waals surface area contributed by atoms with Crippen LogP contribution in [-0.2, 0) is 28.5 Å². The molecule has 0 saturated carbocycles. The Morgan fingerprint density at radius 1 is 0.600 bits per heavy atom. The summed E-state index contributed by atoms with van der Waals surface area (Å²) in [6.45, 7) is 5.52. The molecule has 0 aromatic heterocycles. The molecule has 0 aliphatic rings. The zero-order chi connectivity index (χ0) is 25.3. The molecule has 0 radical (unpaired) electrons. The summed E-state index contributed by atoms with van der Waals surface area (Å²) in [5.74, 6) is -1.08. The van der Waals surface area contributed by atoms with Crippen LogP contribution < -0.4 is 5.11 Å². The van der Waals surface area contributed by atoms with Gasteiger partial charge in [0, 0.05) is 5.97 Å². The van der Waals surface area contributed by atoms with Gasteiger partial charge >= 0.3 is 0 Å². The Labute approximate surface area is 216 Å². The Morgan fingerprint density at radius 2 is 0.971 bits per heavy atom. The molecule has 3 aromatic carbocycles. The highest BCUT2D eigenvalue weighted by molar-refractivity contribution is 7.97. The number of aryl methyl sites for hydroxylation is 2. The fourth-order valence-corrected chi connectivity index (χ4v) is 6.12. The van der Waals surface area contributed by atoms with Crippen molar-refractivity contribution in [2.45, 2.75) is 99.7 Å². The predicted molar refractivity (Wildman–Crippen MR) is 148 cm³/mol. The quantitative estimate of drug-likeness (QED) is 0.181. The lowest BCUT2D eigenvalue weighted by atomic mass is 10.1. The molecule has 0 N–H and O–H groups in total. The maximum atomic E-state index is 8.89. The van der Waals surface area contributed by atoms with Crippen LogP contribution in [0, 0.1) is 0 Å². The van der Waals surface area contributed by atoms with Gasteiger partial charge < -0.3 is 9.90 Å². The summed E-state index contributed by atoms with van der Waals surface area (Å²) in [7, 11) is -0.0487. The maximum absolute atomic E-state index is 8.89. The first-order valence-electron chi connectivity index (χ1n) is 13.2. The zero-order valence-corrected chi connectivity index (χ0v) is 22.6. The van der Waals surface area contributed by atoms with Crippen LogP contribution in [0.1, 0.15) is 83.3 Å². The average Bonchev–Trinajstić information content (AvgIpc) is 2.87. The largest absolute Gasteiger partial charge is 0.550 e. The number of unbranched alkanes of at least 4 members (excludes halogenated alkanes) is 6. The van der Waals surface area contributed by atoms with Crippen molar-refractivity contribution in [3.8, 4) is 0 Å². The van der Waals surface area contributed by atoms with Crippen LogP contribution >= 0.6 is 0 Å².